The van der Waals surface area contributed by atoms with Gasteiger partial charge in [-0.3, -0.25) is 0 Å². The Morgan fingerprint density at radius 2 is 2.12 bits per heavy atom. The van der Waals surface area contributed by atoms with E-state index in [1.807, 2.05) is 12.1 Å². The molecule has 2 N–H and O–H groups in total. The Balaban J connectivity index is 2.90. The standard InChI is InChI=1S/C14H21N3/c1-4-11(3)10-17(5-2)13-7-6-12(9-15)14(16)8-13/h6-8,11H,4-5,10,16H2,1-3H3. The minimum atomic E-state index is 0.549. The number of nitrogens with two attached hydrogens (primary N) is 1. The van der Waals surface area contributed by atoms with Crippen LogP contribution in [0.4, 0.5) is 11.4 Å². The molecule has 0 saturated carbocycles. The van der Waals surface area contributed by atoms with Gasteiger partial charge in [-0.15, -0.1) is 0 Å². The van der Waals surface area contributed by atoms with Crippen LogP contribution in [0, 0.1) is 17.2 Å². The maximum absolute atomic E-state index is 8.84. The SMILES string of the molecule is CCC(C)CN(CC)c1ccc(C#N)c(N)c1. The molecule has 1 aromatic carbocycles. The van der Waals surface area contributed by atoms with Gasteiger partial charge in [-0.25, -0.2) is 0 Å². The average molecular weight is 231 g/mol. The molecule has 0 radical (unpaired) electrons. The number of rotatable bonds is 5. The van der Waals surface area contributed by atoms with E-state index in [4.69, 9.17) is 11.0 Å². The third kappa shape index (κ3) is 3.39. The van der Waals surface area contributed by atoms with Crippen molar-refractivity contribution in [3.05, 3.63) is 23.8 Å². The average Bonchev–Trinajstić information content (AvgIpc) is 2.35. The van der Waals surface area contributed by atoms with Crippen LogP contribution in [-0.4, -0.2) is 13.1 Å². The van der Waals surface area contributed by atoms with Gasteiger partial charge in [-0.1, -0.05) is 20.3 Å². The highest BCUT2D eigenvalue weighted by atomic mass is 15.1. The first kappa shape index (κ1) is 13.4. The van der Waals surface area contributed by atoms with Crippen LogP contribution in [0.25, 0.3) is 0 Å². The lowest BCUT2D eigenvalue weighted by Crippen LogP contribution is -2.28. The molecule has 0 aliphatic carbocycles. The summed E-state index contributed by atoms with van der Waals surface area (Å²) in [5.74, 6) is 0.659. The molecule has 0 bridgehead atoms. The molecule has 0 amide bonds. The van der Waals surface area contributed by atoms with Crippen LogP contribution in [0.3, 0.4) is 0 Å². The molecular formula is C14H21N3. The molecule has 17 heavy (non-hydrogen) atoms. The van der Waals surface area contributed by atoms with Gasteiger partial charge in [0.05, 0.1) is 11.3 Å². The summed E-state index contributed by atoms with van der Waals surface area (Å²) >= 11 is 0. The van der Waals surface area contributed by atoms with Crippen molar-refractivity contribution >= 4 is 11.4 Å². The van der Waals surface area contributed by atoms with E-state index in [0.717, 1.165) is 18.8 Å². The van der Waals surface area contributed by atoms with Crippen LogP contribution >= 0.6 is 0 Å². The molecule has 1 aromatic rings. The molecular weight excluding hydrogens is 210 g/mol. The maximum atomic E-state index is 8.84. The summed E-state index contributed by atoms with van der Waals surface area (Å²) in [6.45, 7) is 8.56. The number of nitrogen functional groups attached to an aromatic ring is 1. The van der Waals surface area contributed by atoms with Crippen molar-refractivity contribution in [2.24, 2.45) is 5.92 Å². The van der Waals surface area contributed by atoms with Gasteiger partial charge in [0.15, 0.2) is 0 Å². The van der Waals surface area contributed by atoms with E-state index in [1.165, 1.54) is 6.42 Å². The van der Waals surface area contributed by atoms with Gasteiger partial charge >= 0.3 is 0 Å². The van der Waals surface area contributed by atoms with Crippen LogP contribution in [-0.2, 0) is 0 Å². The van der Waals surface area contributed by atoms with Gasteiger partial charge in [0.25, 0.3) is 0 Å². The van der Waals surface area contributed by atoms with Crippen molar-refractivity contribution in [1.29, 1.82) is 5.26 Å². The number of hydrogen-bond acceptors (Lipinski definition) is 3. The van der Waals surface area contributed by atoms with Crippen molar-refractivity contribution in [1.82, 2.24) is 0 Å². The summed E-state index contributed by atoms with van der Waals surface area (Å²) in [5.41, 5.74) is 8.05. The van der Waals surface area contributed by atoms with E-state index in [9.17, 15) is 0 Å². The highest BCUT2D eigenvalue weighted by Crippen LogP contribution is 2.22. The van der Waals surface area contributed by atoms with Crippen molar-refractivity contribution in [2.45, 2.75) is 27.2 Å². The second kappa shape index (κ2) is 6.15. The lowest BCUT2D eigenvalue weighted by Gasteiger charge is -2.26. The highest BCUT2D eigenvalue weighted by molar-refractivity contribution is 5.63. The van der Waals surface area contributed by atoms with Crippen LogP contribution in [0.15, 0.2) is 18.2 Å². The Labute approximate surface area is 104 Å². The third-order valence-electron chi connectivity index (χ3n) is 3.13. The Morgan fingerprint density at radius 3 is 2.59 bits per heavy atom. The molecule has 0 heterocycles. The van der Waals surface area contributed by atoms with E-state index in [-0.39, 0.29) is 0 Å². The monoisotopic (exact) mass is 231 g/mol. The number of benzene rings is 1. The first-order valence-electron chi connectivity index (χ1n) is 6.16. The Morgan fingerprint density at radius 1 is 1.41 bits per heavy atom. The zero-order valence-corrected chi connectivity index (χ0v) is 10.9. The predicted octanol–water partition coefficient (Wildman–Crippen LogP) is 3.01. The molecule has 92 valence electrons. The zero-order chi connectivity index (χ0) is 12.8. The minimum Gasteiger partial charge on any atom is -0.398 e. The Hall–Kier alpha value is -1.69. The predicted molar refractivity (Wildman–Crippen MR) is 72.9 cm³/mol. The van der Waals surface area contributed by atoms with E-state index in [1.54, 1.807) is 6.07 Å². The van der Waals surface area contributed by atoms with Gasteiger partial charge in [-0.05, 0) is 31.0 Å². The third-order valence-corrected chi connectivity index (χ3v) is 3.13. The van der Waals surface area contributed by atoms with Crippen LogP contribution in [0.1, 0.15) is 32.8 Å². The first-order chi connectivity index (χ1) is 8.12. The summed E-state index contributed by atoms with van der Waals surface area (Å²) in [7, 11) is 0. The van der Waals surface area contributed by atoms with Crippen LogP contribution in [0.2, 0.25) is 0 Å². The fourth-order valence-electron chi connectivity index (χ4n) is 1.77. The molecule has 1 unspecified atom stereocenters. The van der Waals surface area contributed by atoms with Gasteiger partial charge in [0.2, 0.25) is 0 Å². The molecule has 0 fully saturated rings. The van der Waals surface area contributed by atoms with Gasteiger partial charge < -0.3 is 10.6 Å². The topological polar surface area (TPSA) is 53.0 Å². The molecule has 1 atom stereocenters. The molecule has 0 saturated heterocycles. The smallest absolute Gasteiger partial charge is 0.101 e. The van der Waals surface area contributed by atoms with Crippen molar-refractivity contribution < 1.29 is 0 Å². The summed E-state index contributed by atoms with van der Waals surface area (Å²) in [4.78, 5) is 2.30. The van der Waals surface area contributed by atoms with E-state index in [0.29, 0.717) is 17.2 Å². The second-order valence-corrected chi connectivity index (χ2v) is 4.44. The van der Waals surface area contributed by atoms with Crippen molar-refractivity contribution in [2.75, 3.05) is 23.7 Å². The number of hydrogen-bond donors (Lipinski definition) is 1. The number of anilines is 2. The molecule has 3 heteroatoms. The van der Waals surface area contributed by atoms with Crippen molar-refractivity contribution in [3.8, 4) is 6.07 Å². The summed E-state index contributed by atoms with van der Waals surface area (Å²) in [6, 6.07) is 7.75. The fourth-order valence-corrected chi connectivity index (χ4v) is 1.77. The molecule has 1 rings (SSSR count). The summed E-state index contributed by atoms with van der Waals surface area (Å²) in [6.07, 6.45) is 1.17. The molecule has 3 nitrogen and oxygen atoms in total. The Bertz CT molecular complexity index is 406. The van der Waals surface area contributed by atoms with Gasteiger partial charge in [0.1, 0.15) is 6.07 Å². The molecule has 0 aliphatic rings. The van der Waals surface area contributed by atoms with Gasteiger partial charge in [0, 0.05) is 18.8 Å². The van der Waals surface area contributed by atoms with Crippen molar-refractivity contribution in [3.63, 3.8) is 0 Å². The summed E-state index contributed by atoms with van der Waals surface area (Å²) < 4.78 is 0. The number of nitrogens with zero attached hydrogens (tertiary/aromatic N) is 2. The number of nitriles is 1. The normalized spacial score (nSPS) is 11.9. The second-order valence-electron chi connectivity index (χ2n) is 4.44. The molecule has 0 aliphatic heterocycles. The molecule has 0 spiro atoms. The highest BCUT2D eigenvalue weighted by Gasteiger charge is 2.09. The largest absolute Gasteiger partial charge is 0.398 e. The van der Waals surface area contributed by atoms with E-state index >= 15 is 0 Å². The van der Waals surface area contributed by atoms with E-state index in [2.05, 4.69) is 31.7 Å². The summed E-state index contributed by atoms with van der Waals surface area (Å²) in [5, 5.41) is 8.84. The quantitative estimate of drug-likeness (QED) is 0.792. The van der Waals surface area contributed by atoms with Crippen LogP contribution < -0.4 is 10.6 Å². The van der Waals surface area contributed by atoms with Gasteiger partial charge in [-0.2, -0.15) is 5.26 Å². The molecule has 0 aromatic heterocycles. The van der Waals surface area contributed by atoms with Crippen LogP contribution in [0.5, 0.6) is 0 Å². The lowest BCUT2D eigenvalue weighted by molar-refractivity contribution is 0.548. The maximum Gasteiger partial charge on any atom is 0.101 e. The Kier molecular flexibility index (Phi) is 4.84. The zero-order valence-electron chi connectivity index (χ0n) is 10.9. The fraction of sp³-hybridized carbons (Fsp3) is 0.500. The first-order valence-corrected chi connectivity index (χ1v) is 6.16. The minimum absolute atomic E-state index is 0.549. The van der Waals surface area contributed by atoms with E-state index < -0.39 is 0 Å². The lowest BCUT2D eigenvalue weighted by atomic mass is 10.1.